The Morgan fingerprint density at radius 2 is 2.00 bits per heavy atom. The molecule has 1 aromatic carbocycles. The number of nitrogens with zero attached hydrogens (tertiary/aromatic N) is 1. The van der Waals surface area contributed by atoms with Gasteiger partial charge in [0.15, 0.2) is 0 Å². The Kier molecular flexibility index (Phi) is 5.29. The third kappa shape index (κ3) is 3.72. The summed E-state index contributed by atoms with van der Waals surface area (Å²) in [5.41, 5.74) is 12.2. The van der Waals surface area contributed by atoms with E-state index in [1.807, 2.05) is 18.2 Å². The van der Waals surface area contributed by atoms with Crippen molar-refractivity contribution in [2.45, 2.75) is 39.3 Å². The van der Waals surface area contributed by atoms with E-state index in [0.717, 1.165) is 36.3 Å². The smallest absolute Gasteiger partial charge is 0.236 e. The van der Waals surface area contributed by atoms with Gasteiger partial charge in [0.25, 0.3) is 0 Å². The topological polar surface area (TPSA) is 80.0 Å². The fourth-order valence-electron chi connectivity index (χ4n) is 5.67. The molecule has 168 valence electrons. The lowest BCUT2D eigenvalue weighted by Gasteiger charge is -2.32. The molecule has 33 heavy (non-hydrogen) atoms. The lowest BCUT2D eigenvalue weighted by Crippen LogP contribution is -2.34. The first-order valence-electron chi connectivity index (χ1n) is 11.5. The normalized spacial score (nSPS) is 25.8. The van der Waals surface area contributed by atoms with Crippen LogP contribution in [0.5, 0.6) is 0 Å². The molecule has 2 atom stereocenters. The monoisotopic (exact) mass is 438 g/mol. The van der Waals surface area contributed by atoms with Crippen molar-refractivity contribution in [2.24, 2.45) is 16.6 Å². The number of benzene rings is 1. The summed E-state index contributed by atoms with van der Waals surface area (Å²) < 4.78 is 0. The maximum atomic E-state index is 13.1. The highest BCUT2D eigenvalue weighted by molar-refractivity contribution is 5.93. The van der Waals surface area contributed by atoms with Gasteiger partial charge in [-0.2, -0.15) is 0 Å². The van der Waals surface area contributed by atoms with Gasteiger partial charge in [-0.1, -0.05) is 73.7 Å². The molecule has 1 aromatic heterocycles. The Balaban J connectivity index is 1.38. The van der Waals surface area contributed by atoms with Crippen molar-refractivity contribution in [1.29, 1.82) is 0 Å². The van der Waals surface area contributed by atoms with Crippen LogP contribution in [0.2, 0.25) is 0 Å². The molecule has 0 saturated heterocycles. The van der Waals surface area contributed by atoms with Gasteiger partial charge in [-0.05, 0) is 47.9 Å². The lowest BCUT2D eigenvalue weighted by molar-refractivity contribution is -0.126. The summed E-state index contributed by atoms with van der Waals surface area (Å²) in [6.07, 6.45) is 10.0. The molecule has 1 amide bonds. The first-order valence-corrected chi connectivity index (χ1v) is 11.5. The summed E-state index contributed by atoms with van der Waals surface area (Å²) in [6, 6.07) is 14.7. The molecule has 2 heterocycles. The number of carbonyl (C=O) groups is 1. The van der Waals surface area contributed by atoms with Gasteiger partial charge >= 0.3 is 0 Å². The fraction of sp³-hybridized carbons (Fsp3) is 0.286. The number of nitrogens with two attached hydrogens (primary N) is 1. The van der Waals surface area contributed by atoms with Crippen LogP contribution < -0.4 is 16.4 Å². The van der Waals surface area contributed by atoms with E-state index in [4.69, 9.17) is 10.7 Å². The number of rotatable bonds is 6. The average Bonchev–Trinajstić information content (AvgIpc) is 3.22. The molecular formula is C28H30N4O. The molecule has 2 aliphatic carbocycles. The van der Waals surface area contributed by atoms with E-state index in [1.165, 1.54) is 16.7 Å². The van der Waals surface area contributed by atoms with Crippen LogP contribution in [-0.4, -0.2) is 10.9 Å². The van der Waals surface area contributed by atoms with Crippen LogP contribution in [0.15, 0.2) is 84.2 Å². The van der Waals surface area contributed by atoms with Crippen LogP contribution in [0.4, 0.5) is 0 Å². The summed E-state index contributed by atoms with van der Waals surface area (Å²) in [4.78, 5) is 18.0. The van der Waals surface area contributed by atoms with Crippen molar-refractivity contribution >= 4 is 12.0 Å². The van der Waals surface area contributed by atoms with E-state index in [1.54, 1.807) is 6.08 Å². The summed E-state index contributed by atoms with van der Waals surface area (Å²) in [7, 11) is 0. The Bertz CT molecular complexity index is 1210. The summed E-state index contributed by atoms with van der Waals surface area (Å²) in [5.74, 6) is 0.464. The van der Waals surface area contributed by atoms with Gasteiger partial charge in [-0.25, -0.2) is 0 Å². The predicted octanol–water partition coefficient (Wildman–Crippen LogP) is 4.14. The quantitative estimate of drug-likeness (QED) is 0.592. The molecule has 5 heteroatoms. The zero-order valence-electron chi connectivity index (χ0n) is 19.0. The van der Waals surface area contributed by atoms with Crippen LogP contribution in [0.25, 0.3) is 6.08 Å². The highest BCUT2D eigenvalue weighted by Gasteiger charge is 2.58. The second kappa shape index (κ2) is 8.16. The van der Waals surface area contributed by atoms with Gasteiger partial charge in [0.2, 0.25) is 5.91 Å². The molecule has 3 aliphatic rings. The summed E-state index contributed by atoms with van der Waals surface area (Å²) >= 11 is 0. The molecule has 0 bridgehead atoms. The minimum absolute atomic E-state index is 0.00283. The Morgan fingerprint density at radius 3 is 2.79 bits per heavy atom. The minimum atomic E-state index is -0.619. The maximum Gasteiger partial charge on any atom is 0.236 e. The van der Waals surface area contributed by atoms with Gasteiger partial charge in [-0.3, -0.25) is 9.78 Å². The lowest BCUT2D eigenvalue weighted by atomic mass is 9.72. The van der Waals surface area contributed by atoms with Crippen LogP contribution in [0.3, 0.4) is 0 Å². The van der Waals surface area contributed by atoms with Crippen molar-refractivity contribution in [3.63, 3.8) is 0 Å². The van der Waals surface area contributed by atoms with E-state index in [0.29, 0.717) is 18.8 Å². The molecule has 1 aliphatic heterocycles. The molecular weight excluding hydrogens is 408 g/mol. The summed E-state index contributed by atoms with van der Waals surface area (Å²) in [6.45, 7) is 7.55. The standard InChI is InChI=1S/C28H30N4O/c1-3-4-10-23-25(29)32-26(33)28(23)15-21-13-24-20(14-27(21,2)18-28)11-12-22(31-24)17-30-16-19-8-6-5-7-9-19/h3-13,30H,1,14-18,29H2,2H3,(H,32,33)/b10-4-/t27?,28-/m1/s1. The Hall–Kier alpha value is -3.44. The predicted molar refractivity (Wildman–Crippen MR) is 131 cm³/mol. The highest BCUT2D eigenvalue weighted by atomic mass is 16.2. The van der Waals surface area contributed by atoms with E-state index in [-0.39, 0.29) is 11.3 Å². The van der Waals surface area contributed by atoms with Gasteiger partial charge in [0, 0.05) is 18.7 Å². The molecule has 1 spiro atoms. The molecule has 1 fully saturated rings. The second-order valence-electron chi connectivity index (χ2n) is 9.66. The number of nitrogens with one attached hydrogen (secondary N) is 2. The minimum Gasteiger partial charge on any atom is -0.385 e. The number of aromatic nitrogens is 1. The van der Waals surface area contributed by atoms with Gasteiger partial charge in [-0.15, -0.1) is 0 Å². The third-order valence-corrected chi connectivity index (χ3v) is 7.29. The first-order chi connectivity index (χ1) is 15.9. The Labute approximate surface area is 195 Å². The molecule has 1 saturated carbocycles. The van der Waals surface area contributed by atoms with Crippen LogP contribution in [-0.2, 0) is 24.3 Å². The van der Waals surface area contributed by atoms with Crippen molar-refractivity contribution in [3.05, 3.63) is 107 Å². The average molecular weight is 439 g/mol. The van der Waals surface area contributed by atoms with E-state index in [2.05, 4.69) is 66.6 Å². The number of fused-ring (bicyclic) bond motifs is 2. The van der Waals surface area contributed by atoms with Crippen molar-refractivity contribution in [3.8, 4) is 0 Å². The number of pyridine rings is 1. The Morgan fingerprint density at radius 1 is 1.18 bits per heavy atom. The van der Waals surface area contributed by atoms with Crippen LogP contribution in [0.1, 0.15) is 42.3 Å². The SMILES string of the molecule is C=C/C=C\C1=C(N)NC(=O)[C@@]12CC1=Cc3nc(CNCc4ccccc4)ccc3CC1(C)C2. The van der Waals surface area contributed by atoms with Gasteiger partial charge in [0.05, 0.1) is 16.8 Å². The van der Waals surface area contributed by atoms with Crippen LogP contribution >= 0.6 is 0 Å². The van der Waals surface area contributed by atoms with E-state index >= 15 is 0 Å². The van der Waals surface area contributed by atoms with Crippen molar-refractivity contribution < 1.29 is 4.79 Å². The van der Waals surface area contributed by atoms with Crippen molar-refractivity contribution in [2.75, 3.05) is 0 Å². The number of allylic oxidation sites excluding steroid dienone is 4. The zero-order valence-corrected chi connectivity index (χ0v) is 19.0. The van der Waals surface area contributed by atoms with Gasteiger partial charge in [0.1, 0.15) is 5.82 Å². The molecule has 1 unspecified atom stereocenters. The molecule has 0 radical (unpaired) electrons. The molecule has 5 nitrogen and oxygen atoms in total. The first kappa shape index (κ1) is 21.4. The largest absolute Gasteiger partial charge is 0.385 e. The summed E-state index contributed by atoms with van der Waals surface area (Å²) in [5, 5.41) is 6.37. The second-order valence-corrected chi connectivity index (χ2v) is 9.66. The fourth-order valence-corrected chi connectivity index (χ4v) is 5.67. The number of hydrogen-bond donors (Lipinski definition) is 3. The zero-order chi connectivity index (χ0) is 23.1. The third-order valence-electron chi connectivity index (χ3n) is 7.29. The highest BCUT2D eigenvalue weighted by Crippen LogP contribution is 2.61. The van der Waals surface area contributed by atoms with E-state index in [9.17, 15) is 4.79 Å². The number of carbonyl (C=O) groups excluding carboxylic acids is 1. The molecule has 4 N–H and O–H groups in total. The van der Waals surface area contributed by atoms with Crippen LogP contribution in [0, 0.1) is 10.8 Å². The molecule has 2 aromatic rings. The van der Waals surface area contributed by atoms with Crippen molar-refractivity contribution in [1.82, 2.24) is 15.6 Å². The molecule has 5 rings (SSSR count). The number of hydrogen-bond acceptors (Lipinski definition) is 4. The van der Waals surface area contributed by atoms with Gasteiger partial charge < -0.3 is 16.4 Å². The maximum absolute atomic E-state index is 13.1. The van der Waals surface area contributed by atoms with E-state index < -0.39 is 5.41 Å². The number of amides is 1.